The Labute approximate surface area is 194 Å². The number of ether oxygens (including phenoxy) is 1. The van der Waals surface area contributed by atoms with E-state index in [0.717, 1.165) is 18.1 Å². The second-order valence-corrected chi connectivity index (χ2v) is 8.99. The molecule has 0 spiro atoms. The molecular formula is C27H32F3NO2. The summed E-state index contributed by atoms with van der Waals surface area (Å²) in [7, 11) is 0. The second-order valence-electron chi connectivity index (χ2n) is 8.99. The third-order valence-electron chi connectivity index (χ3n) is 5.47. The number of benzene rings is 1. The highest BCUT2D eigenvalue weighted by molar-refractivity contribution is 6.00. The van der Waals surface area contributed by atoms with E-state index in [1.165, 1.54) is 48.3 Å². The average molecular weight is 460 g/mol. The van der Waals surface area contributed by atoms with Crippen LogP contribution >= 0.6 is 0 Å². The summed E-state index contributed by atoms with van der Waals surface area (Å²) in [5.74, 6) is -0.832. The van der Waals surface area contributed by atoms with Crippen LogP contribution in [0, 0.1) is 5.41 Å². The lowest BCUT2D eigenvalue weighted by molar-refractivity contribution is -0.274. The monoisotopic (exact) mass is 459 g/mol. The number of rotatable bonds is 7. The zero-order valence-electron chi connectivity index (χ0n) is 19.8. The van der Waals surface area contributed by atoms with Gasteiger partial charge in [-0.05, 0) is 68.7 Å². The van der Waals surface area contributed by atoms with Gasteiger partial charge in [-0.3, -0.25) is 4.79 Å². The first-order valence-electron chi connectivity index (χ1n) is 10.9. The van der Waals surface area contributed by atoms with Gasteiger partial charge in [-0.15, -0.1) is 13.2 Å². The highest BCUT2D eigenvalue weighted by atomic mass is 19.4. The third kappa shape index (κ3) is 9.16. The molecule has 0 atom stereocenters. The van der Waals surface area contributed by atoms with E-state index in [0.29, 0.717) is 5.57 Å². The number of hydrogen-bond donors (Lipinski definition) is 1. The van der Waals surface area contributed by atoms with Crippen LogP contribution in [0.2, 0.25) is 0 Å². The Morgan fingerprint density at radius 1 is 1.15 bits per heavy atom. The van der Waals surface area contributed by atoms with Gasteiger partial charge in [-0.1, -0.05) is 61.4 Å². The minimum absolute atomic E-state index is 0.194. The lowest BCUT2D eigenvalue weighted by Crippen LogP contribution is -2.19. The normalized spacial score (nSPS) is 17.7. The molecule has 0 saturated carbocycles. The Balaban J connectivity index is 1.97. The van der Waals surface area contributed by atoms with E-state index in [1.54, 1.807) is 13.0 Å². The predicted octanol–water partition coefficient (Wildman–Crippen LogP) is 8.06. The smallest absolute Gasteiger partial charge is 0.406 e. The van der Waals surface area contributed by atoms with E-state index >= 15 is 0 Å². The minimum Gasteiger partial charge on any atom is -0.406 e. The van der Waals surface area contributed by atoms with Gasteiger partial charge in [0.05, 0.1) is 0 Å². The van der Waals surface area contributed by atoms with Gasteiger partial charge in [0.25, 0.3) is 0 Å². The lowest BCUT2D eigenvalue weighted by Gasteiger charge is -2.32. The van der Waals surface area contributed by atoms with Crippen LogP contribution in [-0.2, 0) is 4.79 Å². The fourth-order valence-corrected chi connectivity index (χ4v) is 3.84. The van der Waals surface area contributed by atoms with E-state index in [-0.39, 0.29) is 11.1 Å². The molecule has 0 heterocycles. The summed E-state index contributed by atoms with van der Waals surface area (Å²) in [5.41, 5.74) is 5.06. The topological polar surface area (TPSA) is 38.3 Å². The number of amides is 1. The number of nitrogens with one attached hydrogen (secondary N) is 1. The van der Waals surface area contributed by atoms with Crippen molar-refractivity contribution in [3.63, 3.8) is 0 Å². The van der Waals surface area contributed by atoms with Crippen LogP contribution in [0.15, 0.2) is 83.0 Å². The maximum atomic E-state index is 12.3. The van der Waals surface area contributed by atoms with Crippen molar-refractivity contribution in [2.45, 2.75) is 60.2 Å². The highest BCUT2D eigenvalue weighted by Gasteiger charge is 2.31. The van der Waals surface area contributed by atoms with Crippen molar-refractivity contribution in [2.75, 3.05) is 5.32 Å². The Morgan fingerprint density at radius 3 is 2.55 bits per heavy atom. The van der Waals surface area contributed by atoms with Gasteiger partial charge in [0.2, 0.25) is 5.91 Å². The summed E-state index contributed by atoms with van der Waals surface area (Å²) in [6.07, 6.45) is 10.1. The Kier molecular flexibility index (Phi) is 8.91. The molecule has 1 aromatic rings. The standard InChI is InChI=1S/C27H32F3NO2/c1-19(14-15-24-21(3)11-8-16-26(24,4)5)9-6-10-20(2)17-25(32)31-22-12-7-13-23(18-22)33-27(28,29)30/h6-7,9-10,12-15,17-18H,8,11,16H2,1-5H3,(H,31,32). The third-order valence-corrected chi connectivity index (χ3v) is 5.47. The van der Waals surface area contributed by atoms with E-state index in [1.807, 2.05) is 19.1 Å². The van der Waals surface area contributed by atoms with E-state index < -0.39 is 18.0 Å². The van der Waals surface area contributed by atoms with Crippen LogP contribution in [0.1, 0.15) is 53.9 Å². The van der Waals surface area contributed by atoms with Crippen LogP contribution in [0.3, 0.4) is 0 Å². The largest absolute Gasteiger partial charge is 0.573 e. The second kappa shape index (κ2) is 11.2. The molecule has 0 saturated heterocycles. The van der Waals surface area contributed by atoms with Gasteiger partial charge in [0.15, 0.2) is 0 Å². The van der Waals surface area contributed by atoms with Crippen LogP contribution < -0.4 is 10.1 Å². The minimum atomic E-state index is -4.78. The van der Waals surface area contributed by atoms with Crippen LogP contribution in [0.4, 0.5) is 18.9 Å². The Bertz CT molecular complexity index is 1010. The Morgan fingerprint density at radius 2 is 1.88 bits per heavy atom. The predicted molar refractivity (Wildman–Crippen MR) is 128 cm³/mol. The van der Waals surface area contributed by atoms with Crippen molar-refractivity contribution in [3.05, 3.63) is 83.0 Å². The molecule has 178 valence electrons. The molecule has 0 aromatic heterocycles. The zero-order valence-corrected chi connectivity index (χ0v) is 19.8. The van der Waals surface area contributed by atoms with Gasteiger partial charge >= 0.3 is 6.36 Å². The molecule has 1 aliphatic rings. The molecule has 0 radical (unpaired) electrons. The van der Waals surface area contributed by atoms with E-state index in [2.05, 4.69) is 43.0 Å². The zero-order chi connectivity index (χ0) is 24.6. The number of anilines is 1. The lowest BCUT2D eigenvalue weighted by atomic mass is 9.72. The SMILES string of the molecule is CC(C=CC1=C(C)CCCC1(C)C)=CC=CC(C)=CC(=O)Nc1cccc(OC(F)(F)F)c1. The van der Waals surface area contributed by atoms with Gasteiger partial charge in [-0.25, -0.2) is 0 Å². The maximum Gasteiger partial charge on any atom is 0.573 e. The molecule has 0 unspecified atom stereocenters. The summed E-state index contributed by atoms with van der Waals surface area (Å²) in [5, 5.41) is 2.54. The van der Waals surface area contributed by atoms with Gasteiger partial charge < -0.3 is 10.1 Å². The van der Waals surface area contributed by atoms with Crippen molar-refractivity contribution >= 4 is 11.6 Å². The maximum absolute atomic E-state index is 12.3. The number of hydrogen-bond acceptors (Lipinski definition) is 2. The van der Waals surface area contributed by atoms with Crippen molar-refractivity contribution in [1.29, 1.82) is 0 Å². The quantitative estimate of drug-likeness (QED) is 0.331. The van der Waals surface area contributed by atoms with E-state index in [4.69, 9.17) is 0 Å². The van der Waals surface area contributed by atoms with Crippen LogP contribution in [0.25, 0.3) is 0 Å². The molecule has 6 heteroatoms. The fourth-order valence-electron chi connectivity index (χ4n) is 3.84. The van der Waals surface area contributed by atoms with Crippen LogP contribution in [0.5, 0.6) is 5.75 Å². The Hall–Kier alpha value is -3.02. The van der Waals surface area contributed by atoms with Crippen molar-refractivity contribution in [3.8, 4) is 5.75 Å². The van der Waals surface area contributed by atoms with Gasteiger partial charge in [-0.2, -0.15) is 0 Å². The summed E-state index contributed by atoms with van der Waals surface area (Å²) in [6, 6.07) is 5.15. The average Bonchev–Trinajstić information content (AvgIpc) is 2.65. The van der Waals surface area contributed by atoms with Crippen molar-refractivity contribution in [2.24, 2.45) is 5.41 Å². The summed E-state index contributed by atoms with van der Waals surface area (Å²) < 4.78 is 40.9. The van der Waals surface area contributed by atoms with Crippen molar-refractivity contribution in [1.82, 2.24) is 0 Å². The first kappa shape index (κ1) is 26.2. The summed E-state index contributed by atoms with van der Waals surface area (Å²) in [6.45, 7) is 10.6. The molecule has 1 aromatic carbocycles. The summed E-state index contributed by atoms with van der Waals surface area (Å²) in [4.78, 5) is 12.2. The van der Waals surface area contributed by atoms with Gasteiger partial charge in [0.1, 0.15) is 5.75 Å². The molecule has 33 heavy (non-hydrogen) atoms. The number of carbonyl (C=O) groups excluding carboxylic acids is 1. The molecule has 1 aliphatic carbocycles. The molecule has 2 rings (SSSR count). The van der Waals surface area contributed by atoms with Crippen molar-refractivity contribution < 1.29 is 22.7 Å². The molecule has 0 aliphatic heterocycles. The molecule has 0 fully saturated rings. The molecule has 1 N–H and O–H groups in total. The highest BCUT2D eigenvalue weighted by Crippen LogP contribution is 2.40. The fraction of sp³-hybridized carbons (Fsp3) is 0.370. The molecule has 0 bridgehead atoms. The number of alkyl halides is 3. The number of halogens is 3. The molecule has 1 amide bonds. The van der Waals surface area contributed by atoms with E-state index in [9.17, 15) is 18.0 Å². The summed E-state index contributed by atoms with van der Waals surface area (Å²) >= 11 is 0. The van der Waals surface area contributed by atoms with Gasteiger partial charge in [0, 0.05) is 17.8 Å². The first-order chi connectivity index (χ1) is 15.4. The van der Waals surface area contributed by atoms with Crippen LogP contribution in [-0.4, -0.2) is 12.3 Å². The number of carbonyl (C=O) groups is 1. The number of allylic oxidation sites excluding steroid dienone is 9. The first-order valence-corrected chi connectivity index (χ1v) is 10.9. The molecule has 3 nitrogen and oxygen atoms in total. The molecular weight excluding hydrogens is 427 g/mol.